The van der Waals surface area contributed by atoms with Crippen LogP contribution in [0.15, 0.2) is 30.6 Å². The number of carbonyl (C=O) groups excluding carboxylic acids is 1. The van der Waals surface area contributed by atoms with Gasteiger partial charge in [0, 0.05) is 13.1 Å². The maximum Gasteiger partial charge on any atom is 0.253 e. The van der Waals surface area contributed by atoms with Crippen molar-refractivity contribution >= 4 is 5.91 Å². The van der Waals surface area contributed by atoms with E-state index in [1.54, 1.807) is 12.1 Å². The van der Waals surface area contributed by atoms with Gasteiger partial charge in [0.15, 0.2) is 0 Å². The largest absolute Gasteiger partial charge is 0.351 e. The molecule has 1 heterocycles. The van der Waals surface area contributed by atoms with Crippen LogP contribution >= 0.6 is 0 Å². The number of benzene rings is 1. The second kappa shape index (κ2) is 7.34. The lowest BCUT2D eigenvalue weighted by molar-refractivity contribution is 0.0954. The quantitative estimate of drug-likeness (QED) is 0.714. The number of hydrogen-bond acceptors (Lipinski definition) is 5. The first-order chi connectivity index (χ1) is 9.83. The molecule has 0 saturated heterocycles. The van der Waals surface area contributed by atoms with E-state index in [0.29, 0.717) is 17.8 Å². The van der Waals surface area contributed by atoms with E-state index in [4.69, 9.17) is 0 Å². The predicted octanol–water partition coefficient (Wildman–Crippen LogP) is 0.392. The molecule has 0 bridgehead atoms. The summed E-state index contributed by atoms with van der Waals surface area (Å²) in [4.78, 5) is 12.2. The van der Waals surface area contributed by atoms with Crippen LogP contribution in [0.1, 0.15) is 23.7 Å². The Morgan fingerprint density at radius 1 is 1.25 bits per heavy atom. The molecule has 20 heavy (non-hydrogen) atoms. The fourth-order valence-electron chi connectivity index (χ4n) is 1.80. The first-order valence-corrected chi connectivity index (χ1v) is 6.64. The Labute approximate surface area is 117 Å². The normalized spacial score (nSPS) is 10.4. The SMILES string of the molecule is CCCNCCNC(=O)c1ccccc1-n1cnnn1. The summed E-state index contributed by atoms with van der Waals surface area (Å²) in [5, 5.41) is 17.1. The fraction of sp³-hybridized carbons (Fsp3) is 0.385. The molecule has 0 fully saturated rings. The number of tetrazole rings is 1. The van der Waals surface area contributed by atoms with Gasteiger partial charge in [0.2, 0.25) is 0 Å². The van der Waals surface area contributed by atoms with Crippen LogP contribution in [0.3, 0.4) is 0 Å². The monoisotopic (exact) mass is 274 g/mol. The van der Waals surface area contributed by atoms with Crippen molar-refractivity contribution in [2.45, 2.75) is 13.3 Å². The van der Waals surface area contributed by atoms with Gasteiger partial charge in [-0.1, -0.05) is 19.1 Å². The molecule has 0 radical (unpaired) electrons. The molecular weight excluding hydrogens is 256 g/mol. The molecule has 0 saturated carbocycles. The summed E-state index contributed by atoms with van der Waals surface area (Å²) in [6.45, 7) is 4.40. The molecule has 0 aliphatic heterocycles. The van der Waals surface area contributed by atoms with E-state index >= 15 is 0 Å². The highest BCUT2D eigenvalue weighted by molar-refractivity contribution is 5.97. The summed E-state index contributed by atoms with van der Waals surface area (Å²) in [6.07, 6.45) is 2.55. The van der Waals surface area contributed by atoms with Gasteiger partial charge in [-0.25, -0.2) is 0 Å². The van der Waals surface area contributed by atoms with Crippen molar-refractivity contribution in [3.05, 3.63) is 36.2 Å². The van der Waals surface area contributed by atoms with Crippen LogP contribution in [-0.4, -0.2) is 45.7 Å². The second-order valence-electron chi connectivity index (χ2n) is 4.28. The highest BCUT2D eigenvalue weighted by atomic mass is 16.1. The van der Waals surface area contributed by atoms with E-state index in [9.17, 15) is 4.79 Å². The van der Waals surface area contributed by atoms with Crippen molar-refractivity contribution in [2.24, 2.45) is 0 Å². The van der Waals surface area contributed by atoms with Crippen molar-refractivity contribution in [1.82, 2.24) is 30.8 Å². The van der Waals surface area contributed by atoms with Crippen molar-refractivity contribution in [3.63, 3.8) is 0 Å². The summed E-state index contributed by atoms with van der Waals surface area (Å²) in [5.74, 6) is -0.130. The molecule has 1 amide bonds. The first kappa shape index (κ1) is 14.1. The minimum atomic E-state index is -0.130. The van der Waals surface area contributed by atoms with Crippen molar-refractivity contribution in [2.75, 3.05) is 19.6 Å². The number of amides is 1. The van der Waals surface area contributed by atoms with Crippen LogP contribution in [0.4, 0.5) is 0 Å². The molecule has 106 valence electrons. The lowest BCUT2D eigenvalue weighted by Crippen LogP contribution is -2.32. The number of hydrogen-bond donors (Lipinski definition) is 2. The van der Waals surface area contributed by atoms with Gasteiger partial charge in [-0.05, 0) is 35.5 Å². The van der Waals surface area contributed by atoms with E-state index in [0.717, 1.165) is 19.5 Å². The minimum absolute atomic E-state index is 0.130. The highest BCUT2D eigenvalue weighted by Gasteiger charge is 2.12. The van der Waals surface area contributed by atoms with Gasteiger partial charge in [-0.2, -0.15) is 4.68 Å². The van der Waals surface area contributed by atoms with Crippen LogP contribution in [0.2, 0.25) is 0 Å². The van der Waals surface area contributed by atoms with Gasteiger partial charge in [0.05, 0.1) is 11.3 Å². The smallest absolute Gasteiger partial charge is 0.253 e. The number of nitrogens with one attached hydrogen (secondary N) is 2. The number of nitrogens with zero attached hydrogens (tertiary/aromatic N) is 4. The Hall–Kier alpha value is -2.28. The third kappa shape index (κ3) is 3.61. The molecule has 2 N–H and O–H groups in total. The van der Waals surface area contributed by atoms with E-state index in [-0.39, 0.29) is 5.91 Å². The van der Waals surface area contributed by atoms with Crippen LogP contribution in [0.5, 0.6) is 0 Å². The van der Waals surface area contributed by atoms with Crippen LogP contribution in [0, 0.1) is 0 Å². The third-order valence-corrected chi connectivity index (χ3v) is 2.76. The third-order valence-electron chi connectivity index (χ3n) is 2.76. The van der Waals surface area contributed by atoms with E-state index in [2.05, 4.69) is 33.1 Å². The number of rotatable bonds is 7. The molecule has 1 aromatic carbocycles. The van der Waals surface area contributed by atoms with E-state index in [1.165, 1.54) is 11.0 Å². The summed E-state index contributed by atoms with van der Waals surface area (Å²) in [7, 11) is 0. The molecule has 2 rings (SSSR count). The van der Waals surface area contributed by atoms with Gasteiger partial charge in [-0.3, -0.25) is 4.79 Å². The summed E-state index contributed by atoms with van der Waals surface area (Å²) in [6, 6.07) is 7.22. The Balaban J connectivity index is 2.00. The molecule has 2 aromatic rings. The zero-order chi connectivity index (χ0) is 14.2. The van der Waals surface area contributed by atoms with E-state index < -0.39 is 0 Å². The highest BCUT2D eigenvalue weighted by Crippen LogP contribution is 2.12. The van der Waals surface area contributed by atoms with Gasteiger partial charge >= 0.3 is 0 Å². The summed E-state index contributed by atoms with van der Waals surface area (Å²) >= 11 is 0. The second-order valence-corrected chi connectivity index (χ2v) is 4.28. The Morgan fingerprint density at radius 3 is 2.85 bits per heavy atom. The lowest BCUT2D eigenvalue weighted by atomic mass is 10.1. The van der Waals surface area contributed by atoms with Gasteiger partial charge < -0.3 is 10.6 Å². The van der Waals surface area contributed by atoms with Gasteiger partial charge in [0.1, 0.15) is 6.33 Å². The summed E-state index contributed by atoms with van der Waals surface area (Å²) in [5.41, 5.74) is 1.21. The molecule has 0 atom stereocenters. The van der Waals surface area contributed by atoms with Crippen LogP contribution < -0.4 is 10.6 Å². The zero-order valence-electron chi connectivity index (χ0n) is 11.4. The number of para-hydroxylation sites is 1. The molecule has 0 aliphatic carbocycles. The molecule has 0 unspecified atom stereocenters. The van der Waals surface area contributed by atoms with Crippen molar-refractivity contribution < 1.29 is 4.79 Å². The average Bonchev–Trinajstić information content (AvgIpc) is 3.01. The maximum atomic E-state index is 12.2. The molecule has 7 heteroatoms. The predicted molar refractivity (Wildman–Crippen MR) is 74.6 cm³/mol. The Morgan fingerprint density at radius 2 is 2.10 bits per heavy atom. The van der Waals surface area contributed by atoms with Crippen LogP contribution in [0.25, 0.3) is 5.69 Å². The zero-order valence-corrected chi connectivity index (χ0v) is 11.4. The van der Waals surface area contributed by atoms with Crippen molar-refractivity contribution in [1.29, 1.82) is 0 Å². The molecule has 0 spiro atoms. The fourth-order valence-corrected chi connectivity index (χ4v) is 1.80. The first-order valence-electron chi connectivity index (χ1n) is 6.64. The van der Waals surface area contributed by atoms with Crippen molar-refractivity contribution in [3.8, 4) is 5.69 Å². The molecule has 7 nitrogen and oxygen atoms in total. The lowest BCUT2D eigenvalue weighted by Gasteiger charge is -2.09. The minimum Gasteiger partial charge on any atom is -0.351 e. The number of aromatic nitrogens is 4. The van der Waals surface area contributed by atoms with Crippen LogP contribution in [-0.2, 0) is 0 Å². The topological polar surface area (TPSA) is 84.7 Å². The molecular formula is C13H18N6O. The Kier molecular flexibility index (Phi) is 5.19. The average molecular weight is 274 g/mol. The maximum absolute atomic E-state index is 12.2. The molecule has 0 aliphatic rings. The molecule has 1 aromatic heterocycles. The Bertz CT molecular complexity index is 540. The van der Waals surface area contributed by atoms with Gasteiger partial charge in [-0.15, -0.1) is 5.10 Å². The number of carbonyl (C=O) groups is 1. The van der Waals surface area contributed by atoms with Gasteiger partial charge in [0.25, 0.3) is 5.91 Å². The summed E-state index contributed by atoms with van der Waals surface area (Å²) < 4.78 is 1.48. The van der Waals surface area contributed by atoms with E-state index in [1.807, 2.05) is 12.1 Å². The standard InChI is InChI=1S/C13H18N6O/c1-2-7-14-8-9-15-13(20)11-5-3-4-6-12(11)19-10-16-17-18-19/h3-6,10,14H,2,7-9H2,1H3,(H,15,20).